The van der Waals surface area contributed by atoms with Gasteiger partial charge in [0.15, 0.2) is 0 Å². The third-order valence-electron chi connectivity index (χ3n) is 2.65. The average molecular weight is 234 g/mol. The Morgan fingerprint density at radius 3 is 1.47 bits per heavy atom. The molecule has 0 aliphatic rings. The summed E-state index contributed by atoms with van der Waals surface area (Å²) in [6, 6.07) is 0.930. The molecule has 0 rings (SSSR count). The number of nitrogens with zero attached hydrogens (tertiary/aromatic N) is 2. The van der Waals surface area contributed by atoms with Gasteiger partial charge in [0.25, 0.3) is 0 Å². The lowest BCUT2D eigenvalue weighted by atomic mass is 10.3. The quantitative estimate of drug-likeness (QED) is 0.433. The maximum atomic E-state index is 5.54. The van der Waals surface area contributed by atoms with Crippen molar-refractivity contribution in [1.82, 2.24) is 9.80 Å². The molecule has 0 radical (unpaired) electrons. The van der Waals surface area contributed by atoms with Crippen molar-refractivity contribution < 1.29 is 8.85 Å². The van der Waals surface area contributed by atoms with Crippen molar-refractivity contribution in [3.05, 3.63) is 0 Å². The predicted octanol–water partition coefficient (Wildman–Crippen LogP) is -0.0814. The molecule has 0 aromatic heterocycles. The second-order valence-corrected chi connectivity index (χ2v) is 5.54. The highest BCUT2D eigenvalue weighted by atomic mass is 28.3. The summed E-state index contributed by atoms with van der Waals surface area (Å²) >= 11 is 0. The van der Waals surface area contributed by atoms with Crippen LogP contribution in [0.5, 0.6) is 0 Å². The summed E-state index contributed by atoms with van der Waals surface area (Å²) in [5.41, 5.74) is 0. The van der Waals surface area contributed by atoms with E-state index in [1.165, 1.54) is 0 Å². The van der Waals surface area contributed by atoms with Crippen LogP contribution in [-0.2, 0) is 8.85 Å². The lowest BCUT2D eigenvalue weighted by Crippen LogP contribution is -2.32. The molecule has 0 aliphatic heterocycles. The van der Waals surface area contributed by atoms with Crippen LogP contribution in [0, 0.1) is 0 Å². The molecule has 4 nitrogen and oxygen atoms in total. The van der Waals surface area contributed by atoms with Gasteiger partial charge in [0.1, 0.15) is 0 Å². The molecule has 92 valence electrons. The minimum absolute atomic E-state index is 0.465. The minimum Gasteiger partial charge on any atom is -0.397 e. The third kappa shape index (κ3) is 7.93. The van der Waals surface area contributed by atoms with E-state index in [-0.39, 0.29) is 0 Å². The third-order valence-corrected chi connectivity index (χ3v) is 3.45. The van der Waals surface area contributed by atoms with Gasteiger partial charge in [-0.25, -0.2) is 0 Å². The van der Waals surface area contributed by atoms with E-state index in [1.807, 2.05) is 0 Å². The highest BCUT2D eigenvalue weighted by Crippen LogP contribution is 1.94. The van der Waals surface area contributed by atoms with E-state index in [9.17, 15) is 0 Å². The minimum atomic E-state index is -0.792. The van der Waals surface area contributed by atoms with Gasteiger partial charge in [-0.1, -0.05) is 0 Å². The predicted molar refractivity (Wildman–Crippen MR) is 66.7 cm³/mol. The summed E-state index contributed by atoms with van der Waals surface area (Å²) in [6.07, 6.45) is 0. The van der Waals surface area contributed by atoms with E-state index in [2.05, 4.69) is 51.8 Å². The fraction of sp³-hybridized carbons (Fsp3) is 1.00. The average Bonchev–Trinajstić information content (AvgIpc) is 2.16. The van der Waals surface area contributed by atoms with E-state index in [1.54, 1.807) is 0 Å². The van der Waals surface area contributed by atoms with Crippen LogP contribution in [0.3, 0.4) is 0 Å². The molecule has 0 saturated carbocycles. The number of likely N-dealkylation sites (N-methyl/N-ethyl adjacent to an activating group) is 2. The first-order valence-electron chi connectivity index (χ1n) is 5.43. The van der Waals surface area contributed by atoms with Gasteiger partial charge in [-0.15, -0.1) is 0 Å². The summed E-state index contributed by atoms with van der Waals surface area (Å²) in [4.78, 5) is 4.30. The molecule has 0 amide bonds. The highest BCUT2D eigenvalue weighted by molar-refractivity contribution is 6.17. The molecule has 2 unspecified atom stereocenters. The van der Waals surface area contributed by atoms with E-state index < -0.39 is 10.0 Å². The second-order valence-electron chi connectivity index (χ2n) is 4.48. The van der Waals surface area contributed by atoms with Crippen molar-refractivity contribution in [3.8, 4) is 0 Å². The molecular formula is C10H26N2O2Si. The Morgan fingerprint density at radius 2 is 1.20 bits per heavy atom. The molecular weight excluding hydrogens is 208 g/mol. The smallest absolute Gasteiger partial charge is 0.304 e. The second kappa shape index (κ2) is 8.24. The molecule has 5 heteroatoms. The first kappa shape index (κ1) is 15.1. The molecule has 0 aromatic carbocycles. The van der Waals surface area contributed by atoms with Gasteiger partial charge in [-0.05, 0) is 42.0 Å². The monoisotopic (exact) mass is 234 g/mol. The zero-order chi connectivity index (χ0) is 11.8. The van der Waals surface area contributed by atoms with Gasteiger partial charge in [0, 0.05) is 12.1 Å². The molecule has 0 bridgehead atoms. The number of hydrogen-bond donors (Lipinski definition) is 0. The van der Waals surface area contributed by atoms with Crippen LogP contribution in [0.1, 0.15) is 13.8 Å². The first-order valence-corrected chi connectivity index (χ1v) is 6.59. The van der Waals surface area contributed by atoms with Crippen molar-refractivity contribution >= 4 is 10.0 Å². The normalized spacial score (nSPS) is 16.8. The van der Waals surface area contributed by atoms with Crippen LogP contribution in [0.4, 0.5) is 0 Å². The molecule has 0 N–H and O–H groups in total. The summed E-state index contributed by atoms with van der Waals surface area (Å²) < 4.78 is 11.1. The molecule has 0 saturated heterocycles. The lowest BCUT2D eigenvalue weighted by Gasteiger charge is -2.21. The van der Waals surface area contributed by atoms with Crippen LogP contribution < -0.4 is 0 Å². The van der Waals surface area contributed by atoms with Crippen LogP contribution in [0.15, 0.2) is 0 Å². The first-order chi connectivity index (χ1) is 6.95. The van der Waals surface area contributed by atoms with Gasteiger partial charge in [0.2, 0.25) is 0 Å². The van der Waals surface area contributed by atoms with Gasteiger partial charge >= 0.3 is 10.0 Å². The Morgan fingerprint density at radius 1 is 0.867 bits per heavy atom. The SMILES string of the molecule is CC(CO[SiH2]OCC(C)N(C)C)N(C)C. The number of rotatable bonds is 8. The lowest BCUT2D eigenvalue weighted by molar-refractivity contribution is 0.141. The molecule has 15 heavy (non-hydrogen) atoms. The molecule has 0 aromatic rings. The van der Waals surface area contributed by atoms with Gasteiger partial charge in [-0.3, -0.25) is 0 Å². The van der Waals surface area contributed by atoms with Crippen molar-refractivity contribution in [2.24, 2.45) is 0 Å². The summed E-state index contributed by atoms with van der Waals surface area (Å²) in [6.45, 7) is 5.85. The molecule has 0 heterocycles. The van der Waals surface area contributed by atoms with E-state index in [4.69, 9.17) is 8.85 Å². The summed E-state index contributed by atoms with van der Waals surface area (Å²) in [5.74, 6) is 0. The molecule has 0 aliphatic carbocycles. The zero-order valence-corrected chi connectivity index (χ0v) is 12.4. The Kier molecular flexibility index (Phi) is 8.27. The van der Waals surface area contributed by atoms with E-state index in [0.717, 1.165) is 13.2 Å². The zero-order valence-electron chi connectivity index (χ0n) is 11.0. The van der Waals surface area contributed by atoms with Crippen LogP contribution in [0.25, 0.3) is 0 Å². The standard InChI is InChI=1S/C10H26N2O2Si/c1-9(11(3)4)7-13-15-14-8-10(2)12(5)6/h9-10H,7-8,15H2,1-6H3. The van der Waals surface area contributed by atoms with Gasteiger partial charge in [-0.2, -0.15) is 0 Å². The number of hydrogen-bond acceptors (Lipinski definition) is 4. The Labute approximate surface area is 96.6 Å². The van der Waals surface area contributed by atoms with E-state index in [0.29, 0.717) is 12.1 Å². The van der Waals surface area contributed by atoms with Crippen molar-refractivity contribution in [2.75, 3.05) is 41.4 Å². The van der Waals surface area contributed by atoms with Gasteiger partial charge < -0.3 is 18.7 Å². The maximum Gasteiger partial charge on any atom is 0.304 e. The largest absolute Gasteiger partial charge is 0.397 e. The van der Waals surface area contributed by atoms with Crippen LogP contribution in [-0.4, -0.2) is 73.3 Å². The van der Waals surface area contributed by atoms with Crippen molar-refractivity contribution in [1.29, 1.82) is 0 Å². The fourth-order valence-electron chi connectivity index (χ4n) is 0.794. The Balaban J connectivity index is 3.32. The topological polar surface area (TPSA) is 24.9 Å². The molecule has 2 atom stereocenters. The molecule has 0 spiro atoms. The Bertz CT molecular complexity index is 140. The summed E-state index contributed by atoms with van der Waals surface area (Å²) in [5, 5.41) is 0. The van der Waals surface area contributed by atoms with E-state index >= 15 is 0 Å². The van der Waals surface area contributed by atoms with Crippen molar-refractivity contribution in [3.63, 3.8) is 0 Å². The Hall–Kier alpha value is 0.0569. The summed E-state index contributed by atoms with van der Waals surface area (Å²) in [7, 11) is 7.45. The van der Waals surface area contributed by atoms with Crippen molar-refractivity contribution in [2.45, 2.75) is 25.9 Å². The fourth-order valence-corrected chi connectivity index (χ4v) is 1.79. The maximum absolute atomic E-state index is 5.54. The van der Waals surface area contributed by atoms with Crippen LogP contribution in [0.2, 0.25) is 0 Å². The van der Waals surface area contributed by atoms with Crippen LogP contribution >= 0.6 is 0 Å². The highest BCUT2D eigenvalue weighted by Gasteiger charge is 2.06. The molecule has 0 fully saturated rings. The van der Waals surface area contributed by atoms with Gasteiger partial charge in [0.05, 0.1) is 13.2 Å².